The van der Waals surface area contributed by atoms with E-state index in [9.17, 15) is 0 Å². The molecule has 0 unspecified atom stereocenters. The molecule has 2 aromatic carbocycles. The highest BCUT2D eigenvalue weighted by molar-refractivity contribution is 5.82. The van der Waals surface area contributed by atoms with Crippen LogP contribution >= 0.6 is 0 Å². The SMILES string of the molecule is CCCCCCCCCCCCCCCCc1nc(-c2ccccc2)nc2ccccc12. The van der Waals surface area contributed by atoms with Crippen molar-refractivity contribution in [3.63, 3.8) is 0 Å². The first-order valence-corrected chi connectivity index (χ1v) is 13.2. The van der Waals surface area contributed by atoms with Gasteiger partial charge in [0, 0.05) is 10.9 Å². The number of nitrogens with zero attached hydrogens (tertiary/aromatic N) is 2. The molecule has 0 aliphatic heterocycles. The van der Waals surface area contributed by atoms with Crippen LogP contribution in [0.1, 0.15) is 103 Å². The lowest BCUT2D eigenvalue weighted by Crippen LogP contribution is -1.98. The summed E-state index contributed by atoms with van der Waals surface area (Å²) in [4.78, 5) is 9.77. The molecule has 1 aromatic heterocycles. The second kappa shape index (κ2) is 14.8. The molecule has 0 spiro atoms. The van der Waals surface area contributed by atoms with Gasteiger partial charge in [-0.25, -0.2) is 9.97 Å². The lowest BCUT2D eigenvalue weighted by Gasteiger charge is -2.09. The molecule has 0 radical (unpaired) electrons. The highest BCUT2D eigenvalue weighted by atomic mass is 14.9. The highest BCUT2D eigenvalue weighted by Crippen LogP contribution is 2.23. The molecule has 0 saturated carbocycles. The molecular weight excluding hydrogens is 388 g/mol. The van der Waals surface area contributed by atoms with Gasteiger partial charge in [-0.05, 0) is 18.9 Å². The molecule has 0 aliphatic carbocycles. The zero-order valence-electron chi connectivity index (χ0n) is 20.2. The molecule has 3 rings (SSSR count). The summed E-state index contributed by atoms with van der Waals surface area (Å²) in [5.41, 5.74) is 3.36. The molecule has 1 heterocycles. The maximum absolute atomic E-state index is 4.96. The van der Waals surface area contributed by atoms with Gasteiger partial charge in [0.05, 0.1) is 11.2 Å². The van der Waals surface area contributed by atoms with Crippen LogP contribution < -0.4 is 0 Å². The number of unbranched alkanes of at least 4 members (excludes halogenated alkanes) is 13. The Hall–Kier alpha value is -2.22. The van der Waals surface area contributed by atoms with E-state index in [0.29, 0.717) is 0 Å². The third-order valence-corrected chi connectivity index (χ3v) is 6.48. The summed E-state index contributed by atoms with van der Waals surface area (Å²) in [6.07, 6.45) is 20.6. The Labute approximate surface area is 195 Å². The third-order valence-electron chi connectivity index (χ3n) is 6.48. The maximum atomic E-state index is 4.96. The Morgan fingerprint density at radius 3 is 1.69 bits per heavy atom. The van der Waals surface area contributed by atoms with Gasteiger partial charge in [0.15, 0.2) is 5.82 Å². The van der Waals surface area contributed by atoms with Crippen LogP contribution in [0.25, 0.3) is 22.3 Å². The first-order chi connectivity index (χ1) is 15.9. The Morgan fingerprint density at radius 1 is 0.531 bits per heavy atom. The zero-order valence-corrected chi connectivity index (χ0v) is 20.2. The molecule has 0 aliphatic rings. The summed E-state index contributed by atoms with van der Waals surface area (Å²) in [6, 6.07) is 18.8. The molecule has 0 fully saturated rings. The first kappa shape index (κ1) is 24.4. The molecule has 172 valence electrons. The summed E-state index contributed by atoms with van der Waals surface area (Å²) < 4.78 is 0. The summed E-state index contributed by atoms with van der Waals surface area (Å²) >= 11 is 0. The van der Waals surface area contributed by atoms with E-state index in [0.717, 1.165) is 23.3 Å². The fraction of sp³-hybridized carbons (Fsp3) is 0.533. The van der Waals surface area contributed by atoms with Crippen LogP contribution in [0.4, 0.5) is 0 Å². The van der Waals surface area contributed by atoms with Gasteiger partial charge < -0.3 is 0 Å². The van der Waals surface area contributed by atoms with Crippen molar-refractivity contribution in [3.05, 3.63) is 60.3 Å². The zero-order chi connectivity index (χ0) is 22.3. The number of hydrogen-bond donors (Lipinski definition) is 0. The van der Waals surface area contributed by atoms with Gasteiger partial charge >= 0.3 is 0 Å². The predicted molar refractivity (Wildman–Crippen MR) is 139 cm³/mol. The molecule has 0 saturated heterocycles. The summed E-state index contributed by atoms with van der Waals surface area (Å²) in [6.45, 7) is 2.29. The van der Waals surface area contributed by atoms with Gasteiger partial charge in [-0.1, -0.05) is 139 Å². The maximum Gasteiger partial charge on any atom is 0.160 e. The second-order valence-corrected chi connectivity index (χ2v) is 9.22. The van der Waals surface area contributed by atoms with Gasteiger partial charge in [-0.3, -0.25) is 0 Å². The molecular formula is C30H42N2. The standard InChI is InChI=1S/C30H42N2/c1-2-3-4-5-6-7-8-9-10-11-12-13-14-18-24-28-27-23-19-20-25-29(27)32-30(31-28)26-21-16-15-17-22-26/h15-17,19-23,25H,2-14,18,24H2,1H3. The van der Waals surface area contributed by atoms with Crippen LogP contribution in [-0.2, 0) is 6.42 Å². The van der Waals surface area contributed by atoms with E-state index in [4.69, 9.17) is 9.97 Å². The Morgan fingerprint density at radius 2 is 1.06 bits per heavy atom. The number of benzene rings is 2. The van der Waals surface area contributed by atoms with Crippen LogP contribution in [0.3, 0.4) is 0 Å². The quantitative estimate of drug-likeness (QED) is 0.211. The van der Waals surface area contributed by atoms with Crippen molar-refractivity contribution in [2.24, 2.45) is 0 Å². The highest BCUT2D eigenvalue weighted by Gasteiger charge is 2.09. The molecule has 2 nitrogen and oxygen atoms in total. The second-order valence-electron chi connectivity index (χ2n) is 9.22. The number of para-hydroxylation sites is 1. The molecule has 2 heteroatoms. The van der Waals surface area contributed by atoms with Gasteiger partial charge in [-0.2, -0.15) is 0 Å². The lowest BCUT2D eigenvalue weighted by molar-refractivity contribution is 0.535. The van der Waals surface area contributed by atoms with Gasteiger partial charge in [0.2, 0.25) is 0 Å². The summed E-state index contributed by atoms with van der Waals surface area (Å²) in [7, 11) is 0. The largest absolute Gasteiger partial charge is 0.232 e. The van der Waals surface area contributed by atoms with E-state index >= 15 is 0 Å². The van der Waals surface area contributed by atoms with E-state index in [1.54, 1.807) is 0 Å². The normalized spacial score (nSPS) is 11.3. The molecule has 32 heavy (non-hydrogen) atoms. The minimum atomic E-state index is 0.852. The Bertz CT molecular complexity index is 888. The van der Waals surface area contributed by atoms with Crippen LogP contribution in [0.15, 0.2) is 54.6 Å². The van der Waals surface area contributed by atoms with E-state index in [-0.39, 0.29) is 0 Å². The number of aromatic nitrogens is 2. The minimum Gasteiger partial charge on any atom is -0.232 e. The number of hydrogen-bond acceptors (Lipinski definition) is 2. The Balaban J connectivity index is 1.34. The summed E-state index contributed by atoms with van der Waals surface area (Å²) in [5.74, 6) is 0.852. The average Bonchev–Trinajstić information content (AvgIpc) is 2.84. The van der Waals surface area contributed by atoms with Crippen molar-refractivity contribution in [1.29, 1.82) is 0 Å². The lowest BCUT2D eigenvalue weighted by atomic mass is 10.0. The predicted octanol–water partition coefficient (Wildman–Crippen LogP) is 9.32. The molecule has 3 aromatic rings. The average molecular weight is 431 g/mol. The van der Waals surface area contributed by atoms with E-state index in [1.165, 1.54) is 101 Å². The van der Waals surface area contributed by atoms with Crippen LogP contribution in [0.5, 0.6) is 0 Å². The number of aryl methyl sites for hydroxylation is 1. The topological polar surface area (TPSA) is 25.8 Å². The number of fused-ring (bicyclic) bond motifs is 1. The van der Waals surface area contributed by atoms with E-state index in [1.807, 2.05) is 6.07 Å². The molecule has 0 bridgehead atoms. The fourth-order valence-electron chi connectivity index (χ4n) is 4.54. The van der Waals surface area contributed by atoms with Crippen molar-refractivity contribution >= 4 is 10.9 Å². The Kier molecular flexibility index (Phi) is 11.3. The van der Waals surface area contributed by atoms with Crippen LogP contribution in [0.2, 0.25) is 0 Å². The van der Waals surface area contributed by atoms with E-state index in [2.05, 4.69) is 55.5 Å². The summed E-state index contributed by atoms with van der Waals surface area (Å²) in [5, 5.41) is 1.21. The molecule has 0 atom stereocenters. The first-order valence-electron chi connectivity index (χ1n) is 13.2. The smallest absolute Gasteiger partial charge is 0.160 e. The van der Waals surface area contributed by atoms with Gasteiger partial charge in [0.1, 0.15) is 0 Å². The molecule has 0 N–H and O–H groups in total. The number of rotatable bonds is 16. The third kappa shape index (κ3) is 8.37. The van der Waals surface area contributed by atoms with E-state index < -0.39 is 0 Å². The van der Waals surface area contributed by atoms with Crippen molar-refractivity contribution in [3.8, 4) is 11.4 Å². The van der Waals surface area contributed by atoms with Crippen LogP contribution in [0, 0.1) is 0 Å². The van der Waals surface area contributed by atoms with Crippen LogP contribution in [-0.4, -0.2) is 9.97 Å². The van der Waals surface area contributed by atoms with Gasteiger partial charge in [0.25, 0.3) is 0 Å². The van der Waals surface area contributed by atoms with Crippen molar-refractivity contribution in [2.75, 3.05) is 0 Å². The minimum absolute atomic E-state index is 0.852. The monoisotopic (exact) mass is 430 g/mol. The van der Waals surface area contributed by atoms with Crippen molar-refractivity contribution < 1.29 is 0 Å². The molecule has 0 amide bonds. The fourth-order valence-corrected chi connectivity index (χ4v) is 4.54. The van der Waals surface area contributed by atoms with Gasteiger partial charge in [-0.15, -0.1) is 0 Å². The van der Waals surface area contributed by atoms with Crippen molar-refractivity contribution in [1.82, 2.24) is 9.97 Å². The van der Waals surface area contributed by atoms with Crippen molar-refractivity contribution in [2.45, 2.75) is 103 Å².